The second-order valence-electron chi connectivity index (χ2n) is 4.19. The fraction of sp³-hybridized carbons (Fsp3) is 1.00. The van der Waals surface area contributed by atoms with Crippen molar-refractivity contribution in [2.24, 2.45) is 0 Å². The molecule has 1 heteroatoms. The lowest BCUT2D eigenvalue weighted by molar-refractivity contribution is 0.135. The van der Waals surface area contributed by atoms with Gasteiger partial charge in [-0.15, -0.1) is 0 Å². The van der Waals surface area contributed by atoms with Gasteiger partial charge in [-0.05, 0) is 40.2 Å². The summed E-state index contributed by atoms with van der Waals surface area (Å²) < 4.78 is 0. The Hall–Kier alpha value is -0.0400. The molecule has 0 spiro atoms. The summed E-state index contributed by atoms with van der Waals surface area (Å²) in [4.78, 5) is 2.59. The Bertz CT molecular complexity index is 108. The molecule has 0 aliphatic heterocycles. The summed E-state index contributed by atoms with van der Waals surface area (Å²) in [5, 5.41) is 0. The van der Waals surface area contributed by atoms with E-state index < -0.39 is 0 Å². The van der Waals surface area contributed by atoms with E-state index in [0.717, 1.165) is 6.04 Å². The molecule has 0 bridgehead atoms. The van der Waals surface area contributed by atoms with Crippen LogP contribution in [0.15, 0.2) is 0 Å². The molecule has 0 N–H and O–H groups in total. The SMILES string of the molecule is CCN(C1CC1)C(C)(C)C. The molecule has 0 aromatic heterocycles. The minimum Gasteiger partial charge on any atom is -0.296 e. The molecule has 0 unspecified atom stereocenters. The highest BCUT2D eigenvalue weighted by Gasteiger charge is 2.34. The normalized spacial score (nSPS) is 20.1. The van der Waals surface area contributed by atoms with E-state index in [4.69, 9.17) is 0 Å². The lowest BCUT2D eigenvalue weighted by Crippen LogP contribution is -2.42. The molecule has 1 aliphatic carbocycles. The maximum Gasteiger partial charge on any atom is 0.0127 e. The first-order valence-corrected chi connectivity index (χ1v) is 4.32. The number of hydrogen-bond acceptors (Lipinski definition) is 1. The van der Waals surface area contributed by atoms with E-state index in [2.05, 4.69) is 32.6 Å². The molecule has 0 heterocycles. The summed E-state index contributed by atoms with van der Waals surface area (Å²) in [6.07, 6.45) is 2.84. The fourth-order valence-corrected chi connectivity index (χ4v) is 1.67. The van der Waals surface area contributed by atoms with Gasteiger partial charge < -0.3 is 0 Å². The van der Waals surface area contributed by atoms with E-state index in [9.17, 15) is 0 Å². The van der Waals surface area contributed by atoms with Gasteiger partial charge in [-0.25, -0.2) is 0 Å². The zero-order chi connectivity index (χ0) is 7.78. The van der Waals surface area contributed by atoms with Gasteiger partial charge in [0.1, 0.15) is 0 Å². The Morgan fingerprint density at radius 2 is 1.80 bits per heavy atom. The highest BCUT2D eigenvalue weighted by Crippen LogP contribution is 2.31. The number of rotatable bonds is 2. The van der Waals surface area contributed by atoms with Crippen LogP contribution < -0.4 is 0 Å². The van der Waals surface area contributed by atoms with E-state index in [1.165, 1.54) is 19.4 Å². The Labute approximate surface area is 64.4 Å². The van der Waals surface area contributed by atoms with Crippen molar-refractivity contribution in [3.05, 3.63) is 0 Å². The van der Waals surface area contributed by atoms with Gasteiger partial charge in [0.25, 0.3) is 0 Å². The van der Waals surface area contributed by atoms with Crippen molar-refractivity contribution in [2.45, 2.75) is 52.1 Å². The first-order chi connectivity index (χ1) is 4.55. The van der Waals surface area contributed by atoms with E-state index in [-0.39, 0.29) is 0 Å². The highest BCUT2D eigenvalue weighted by molar-refractivity contribution is 4.90. The summed E-state index contributed by atoms with van der Waals surface area (Å²) in [5.41, 5.74) is 0.385. The van der Waals surface area contributed by atoms with Gasteiger partial charge in [-0.1, -0.05) is 6.92 Å². The molecule has 0 radical (unpaired) electrons. The van der Waals surface area contributed by atoms with E-state index in [1.54, 1.807) is 0 Å². The van der Waals surface area contributed by atoms with Gasteiger partial charge in [-0.3, -0.25) is 4.90 Å². The fourth-order valence-electron chi connectivity index (χ4n) is 1.67. The topological polar surface area (TPSA) is 3.24 Å². The molecule has 1 fully saturated rings. The second-order valence-corrected chi connectivity index (χ2v) is 4.19. The first-order valence-electron chi connectivity index (χ1n) is 4.32. The Morgan fingerprint density at radius 3 is 1.90 bits per heavy atom. The van der Waals surface area contributed by atoms with Crippen LogP contribution in [0.5, 0.6) is 0 Å². The van der Waals surface area contributed by atoms with Crippen molar-refractivity contribution in [1.29, 1.82) is 0 Å². The van der Waals surface area contributed by atoms with E-state index in [0.29, 0.717) is 5.54 Å². The van der Waals surface area contributed by atoms with Crippen molar-refractivity contribution in [3.63, 3.8) is 0 Å². The molecule has 10 heavy (non-hydrogen) atoms. The molecule has 0 aromatic rings. The van der Waals surface area contributed by atoms with E-state index >= 15 is 0 Å². The van der Waals surface area contributed by atoms with Crippen molar-refractivity contribution >= 4 is 0 Å². The molecule has 1 rings (SSSR count). The third-order valence-corrected chi connectivity index (χ3v) is 2.19. The second kappa shape index (κ2) is 2.54. The maximum absolute atomic E-state index is 2.59. The molecule has 0 amide bonds. The molecular formula is C9H19N. The van der Waals surface area contributed by atoms with Crippen LogP contribution in [0.4, 0.5) is 0 Å². The molecular weight excluding hydrogens is 122 g/mol. The Morgan fingerprint density at radius 1 is 1.30 bits per heavy atom. The smallest absolute Gasteiger partial charge is 0.0127 e. The lowest BCUT2D eigenvalue weighted by Gasteiger charge is -2.34. The predicted octanol–water partition coefficient (Wildman–Crippen LogP) is 2.27. The number of hydrogen-bond donors (Lipinski definition) is 0. The molecule has 1 saturated carbocycles. The summed E-state index contributed by atoms with van der Waals surface area (Å²) in [7, 11) is 0. The minimum absolute atomic E-state index is 0.385. The number of nitrogens with zero attached hydrogens (tertiary/aromatic N) is 1. The van der Waals surface area contributed by atoms with Crippen LogP contribution in [0.25, 0.3) is 0 Å². The predicted molar refractivity (Wildman–Crippen MR) is 45.2 cm³/mol. The van der Waals surface area contributed by atoms with Crippen LogP contribution in [-0.4, -0.2) is 23.0 Å². The van der Waals surface area contributed by atoms with Gasteiger partial charge in [-0.2, -0.15) is 0 Å². The summed E-state index contributed by atoms with van der Waals surface area (Å²) in [6.45, 7) is 10.4. The summed E-state index contributed by atoms with van der Waals surface area (Å²) >= 11 is 0. The molecule has 0 atom stereocenters. The van der Waals surface area contributed by atoms with Crippen LogP contribution in [0, 0.1) is 0 Å². The zero-order valence-corrected chi connectivity index (χ0v) is 7.65. The third kappa shape index (κ3) is 1.72. The minimum atomic E-state index is 0.385. The quantitative estimate of drug-likeness (QED) is 0.570. The van der Waals surface area contributed by atoms with Crippen molar-refractivity contribution < 1.29 is 0 Å². The van der Waals surface area contributed by atoms with Gasteiger partial charge in [0, 0.05) is 11.6 Å². The molecule has 1 nitrogen and oxygen atoms in total. The average molecular weight is 141 g/mol. The molecule has 0 aromatic carbocycles. The standard InChI is InChI=1S/C9H19N/c1-5-10(8-6-7-8)9(2,3)4/h8H,5-7H2,1-4H3. The third-order valence-electron chi connectivity index (χ3n) is 2.19. The van der Waals surface area contributed by atoms with Crippen LogP contribution in [0.2, 0.25) is 0 Å². The van der Waals surface area contributed by atoms with Crippen LogP contribution in [0.1, 0.15) is 40.5 Å². The highest BCUT2D eigenvalue weighted by atomic mass is 15.2. The first kappa shape index (κ1) is 8.06. The van der Waals surface area contributed by atoms with Gasteiger partial charge in [0.05, 0.1) is 0 Å². The zero-order valence-electron chi connectivity index (χ0n) is 7.65. The van der Waals surface area contributed by atoms with Crippen molar-refractivity contribution in [3.8, 4) is 0 Å². The largest absolute Gasteiger partial charge is 0.296 e. The molecule has 1 aliphatic rings. The van der Waals surface area contributed by atoms with Crippen LogP contribution in [-0.2, 0) is 0 Å². The summed E-state index contributed by atoms with van der Waals surface area (Å²) in [6, 6.07) is 0.907. The van der Waals surface area contributed by atoms with Gasteiger partial charge in [0.2, 0.25) is 0 Å². The summed E-state index contributed by atoms with van der Waals surface area (Å²) in [5.74, 6) is 0. The maximum atomic E-state index is 2.59. The average Bonchev–Trinajstić information content (AvgIpc) is 2.46. The molecule has 0 saturated heterocycles. The van der Waals surface area contributed by atoms with Crippen molar-refractivity contribution in [2.75, 3.05) is 6.54 Å². The van der Waals surface area contributed by atoms with Gasteiger partial charge in [0.15, 0.2) is 0 Å². The Kier molecular flexibility index (Phi) is 2.04. The Balaban J connectivity index is 2.46. The van der Waals surface area contributed by atoms with Crippen molar-refractivity contribution in [1.82, 2.24) is 4.90 Å². The van der Waals surface area contributed by atoms with Crippen LogP contribution >= 0.6 is 0 Å². The van der Waals surface area contributed by atoms with Crippen LogP contribution in [0.3, 0.4) is 0 Å². The lowest BCUT2D eigenvalue weighted by atomic mass is 10.1. The van der Waals surface area contributed by atoms with Gasteiger partial charge >= 0.3 is 0 Å². The monoisotopic (exact) mass is 141 g/mol. The van der Waals surface area contributed by atoms with E-state index in [1.807, 2.05) is 0 Å². The molecule has 60 valence electrons.